The Morgan fingerprint density at radius 2 is 1.61 bits per heavy atom. The van der Waals surface area contributed by atoms with Crippen LogP contribution in [0.25, 0.3) is 17.1 Å². The number of hydrogen-bond donors (Lipinski definition) is 1. The topological polar surface area (TPSA) is 78.3 Å². The SMILES string of the molecule is COc1ccc(-n2nc(C(=O)Nc3cccc(OC)c3)nc2-c2ccc(C)cc2)cc1. The first kappa shape index (κ1) is 20.2. The van der Waals surface area contributed by atoms with Gasteiger partial charge in [-0.15, -0.1) is 5.10 Å². The van der Waals surface area contributed by atoms with Crippen LogP contribution < -0.4 is 14.8 Å². The van der Waals surface area contributed by atoms with Gasteiger partial charge < -0.3 is 14.8 Å². The van der Waals surface area contributed by atoms with Gasteiger partial charge in [0.05, 0.1) is 19.9 Å². The zero-order valence-corrected chi connectivity index (χ0v) is 17.5. The van der Waals surface area contributed by atoms with Crippen molar-refractivity contribution in [1.29, 1.82) is 0 Å². The van der Waals surface area contributed by atoms with Crippen LogP contribution >= 0.6 is 0 Å². The van der Waals surface area contributed by atoms with E-state index in [1.165, 1.54) is 0 Å². The van der Waals surface area contributed by atoms with Crippen LogP contribution in [0.3, 0.4) is 0 Å². The number of nitrogens with zero attached hydrogens (tertiary/aromatic N) is 3. The van der Waals surface area contributed by atoms with Crippen LogP contribution in [0.4, 0.5) is 5.69 Å². The molecule has 0 aliphatic rings. The average molecular weight is 414 g/mol. The van der Waals surface area contributed by atoms with Gasteiger partial charge in [0, 0.05) is 17.3 Å². The van der Waals surface area contributed by atoms with Crippen molar-refractivity contribution in [2.45, 2.75) is 6.92 Å². The molecule has 0 spiro atoms. The fraction of sp³-hybridized carbons (Fsp3) is 0.125. The lowest BCUT2D eigenvalue weighted by Gasteiger charge is -2.07. The van der Waals surface area contributed by atoms with Crippen molar-refractivity contribution < 1.29 is 14.3 Å². The van der Waals surface area contributed by atoms with Gasteiger partial charge in [-0.05, 0) is 43.3 Å². The van der Waals surface area contributed by atoms with Crippen LogP contribution in [0, 0.1) is 6.92 Å². The number of aromatic nitrogens is 3. The largest absolute Gasteiger partial charge is 0.497 e. The molecular weight excluding hydrogens is 392 g/mol. The molecule has 0 saturated heterocycles. The Kier molecular flexibility index (Phi) is 5.66. The number of anilines is 1. The van der Waals surface area contributed by atoms with E-state index in [0.29, 0.717) is 17.3 Å². The van der Waals surface area contributed by atoms with Crippen molar-refractivity contribution in [2.75, 3.05) is 19.5 Å². The predicted octanol–water partition coefficient (Wildman–Crippen LogP) is 4.51. The molecule has 156 valence electrons. The summed E-state index contributed by atoms with van der Waals surface area (Å²) in [5, 5.41) is 7.32. The first-order valence-corrected chi connectivity index (χ1v) is 9.71. The van der Waals surface area contributed by atoms with Gasteiger partial charge in [0.1, 0.15) is 11.5 Å². The maximum atomic E-state index is 12.9. The monoisotopic (exact) mass is 414 g/mol. The number of ether oxygens (including phenoxy) is 2. The molecule has 7 nitrogen and oxygen atoms in total. The van der Waals surface area contributed by atoms with Gasteiger partial charge in [0.15, 0.2) is 5.82 Å². The number of carbonyl (C=O) groups is 1. The summed E-state index contributed by atoms with van der Waals surface area (Å²) in [4.78, 5) is 17.4. The third-order valence-electron chi connectivity index (χ3n) is 4.76. The summed E-state index contributed by atoms with van der Waals surface area (Å²) in [6.07, 6.45) is 0. The standard InChI is InChI=1S/C24H22N4O3/c1-16-7-9-17(10-8-16)23-26-22(24(29)25-18-5-4-6-21(15-18)31-3)27-28(23)19-11-13-20(30-2)14-12-19/h4-15H,1-3H3,(H,25,29). The molecule has 0 unspecified atom stereocenters. The summed E-state index contributed by atoms with van der Waals surface area (Å²) >= 11 is 0. The summed E-state index contributed by atoms with van der Waals surface area (Å²) in [6.45, 7) is 2.02. The Labute approximate surface area is 180 Å². The highest BCUT2D eigenvalue weighted by Crippen LogP contribution is 2.24. The highest BCUT2D eigenvalue weighted by Gasteiger charge is 2.19. The molecule has 1 aromatic heterocycles. The molecule has 0 bridgehead atoms. The van der Waals surface area contributed by atoms with E-state index in [-0.39, 0.29) is 5.82 Å². The molecule has 31 heavy (non-hydrogen) atoms. The number of methoxy groups -OCH3 is 2. The molecular formula is C24H22N4O3. The lowest BCUT2D eigenvalue weighted by atomic mass is 10.1. The Balaban J connectivity index is 1.72. The summed E-state index contributed by atoms with van der Waals surface area (Å²) in [5.74, 6) is 1.61. The van der Waals surface area contributed by atoms with Crippen LogP contribution in [0.1, 0.15) is 16.2 Å². The first-order chi connectivity index (χ1) is 15.1. The van der Waals surface area contributed by atoms with Crippen molar-refractivity contribution in [3.05, 3.63) is 84.2 Å². The predicted molar refractivity (Wildman–Crippen MR) is 119 cm³/mol. The minimum atomic E-state index is -0.408. The van der Waals surface area contributed by atoms with Gasteiger partial charge in [-0.25, -0.2) is 9.67 Å². The van der Waals surface area contributed by atoms with Crippen LogP contribution in [-0.4, -0.2) is 34.9 Å². The number of amides is 1. The van der Waals surface area contributed by atoms with Gasteiger partial charge in [0.25, 0.3) is 5.91 Å². The van der Waals surface area contributed by atoms with E-state index in [9.17, 15) is 4.79 Å². The Morgan fingerprint density at radius 1 is 0.903 bits per heavy atom. The molecule has 0 atom stereocenters. The molecule has 7 heteroatoms. The fourth-order valence-corrected chi connectivity index (χ4v) is 3.09. The highest BCUT2D eigenvalue weighted by atomic mass is 16.5. The van der Waals surface area contributed by atoms with E-state index < -0.39 is 5.91 Å². The van der Waals surface area contributed by atoms with E-state index in [4.69, 9.17) is 9.47 Å². The second kappa shape index (κ2) is 8.71. The van der Waals surface area contributed by atoms with Crippen LogP contribution in [0.15, 0.2) is 72.8 Å². The van der Waals surface area contributed by atoms with Crippen molar-refractivity contribution >= 4 is 11.6 Å². The molecule has 1 amide bonds. The zero-order valence-electron chi connectivity index (χ0n) is 17.5. The fourth-order valence-electron chi connectivity index (χ4n) is 3.09. The molecule has 1 heterocycles. The van der Waals surface area contributed by atoms with E-state index in [2.05, 4.69) is 15.4 Å². The Hall–Kier alpha value is -4.13. The maximum absolute atomic E-state index is 12.9. The molecule has 0 aliphatic carbocycles. The van der Waals surface area contributed by atoms with Gasteiger partial charge >= 0.3 is 0 Å². The number of benzene rings is 3. The van der Waals surface area contributed by atoms with Crippen molar-refractivity contribution in [3.8, 4) is 28.6 Å². The Bertz CT molecular complexity index is 1200. The molecule has 0 aliphatic heterocycles. The van der Waals surface area contributed by atoms with E-state index in [0.717, 1.165) is 22.6 Å². The maximum Gasteiger partial charge on any atom is 0.295 e. The molecule has 4 aromatic rings. The third-order valence-corrected chi connectivity index (χ3v) is 4.76. The van der Waals surface area contributed by atoms with Gasteiger partial charge in [-0.2, -0.15) is 0 Å². The van der Waals surface area contributed by atoms with E-state index >= 15 is 0 Å². The molecule has 0 saturated carbocycles. The van der Waals surface area contributed by atoms with Crippen LogP contribution in [-0.2, 0) is 0 Å². The molecule has 4 rings (SSSR count). The summed E-state index contributed by atoms with van der Waals surface area (Å²) in [7, 11) is 3.19. The average Bonchev–Trinajstić information content (AvgIpc) is 3.25. The number of hydrogen-bond acceptors (Lipinski definition) is 5. The van der Waals surface area contributed by atoms with Gasteiger partial charge in [-0.1, -0.05) is 35.9 Å². The lowest BCUT2D eigenvalue weighted by molar-refractivity contribution is 0.101. The van der Waals surface area contributed by atoms with E-state index in [1.54, 1.807) is 37.1 Å². The minimum absolute atomic E-state index is 0.0641. The third kappa shape index (κ3) is 4.40. The van der Waals surface area contributed by atoms with Gasteiger partial charge in [-0.3, -0.25) is 4.79 Å². The summed E-state index contributed by atoms with van der Waals surface area (Å²) < 4.78 is 12.1. The molecule has 1 N–H and O–H groups in total. The quantitative estimate of drug-likeness (QED) is 0.502. The normalized spacial score (nSPS) is 10.5. The van der Waals surface area contributed by atoms with Crippen molar-refractivity contribution in [1.82, 2.24) is 14.8 Å². The number of rotatable bonds is 6. The highest BCUT2D eigenvalue weighted by molar-refractivity contribution is 6.02. The van der Waals surface area contributed by atoms with Crippen LogP contribution in [0.5, 0.6) is 11.5 Å². The second-order valence-electron chi connectivity index (χ2n) is 6.92. The zero-order chi connectivity index (χ0) is 21.8. The molecule has 3 aromatic carbocycles. The van der Waals surface area contributed by atoms with Crippen LogP contribution in [0.2, 0.25) is 0 Å². The first-order valence-electron chi connectivity index (χ1n) is 9.71. The number of aryl methyl sites for hydroxylation is 1. The summed E-state index contributed by atoms with van der Waals surface area (Å²) in [6, 6.07) is 22.5. The number of carbonyl (C=O) groups excluding carboxylic acids is 1. The minimum Gasteiger partial charge on any atom is -0.497 e. The van der Waals surface area contributed by atoms with Crippen molar-refractivity contribution in [2.24, 2.45) is 0 Å². The molecule has 0 radical (unpaired) electrons. The number of nitrogens with one attached hydrogen (secondary N) is 1. The summed E-state index contributed by atoms with van der Waals surface area (Å²) in [5.41, 5.74) is 3.36. The molecule has 0 fully saturated rings. The lowest BCUT2D eigenvalue weighted by Crippen LogP contribution is -2.14. The van der Waals surface area contributed by atoms with E-state index in [1.807, 2.05) is 61.5 Å². The smallest absolute Gasteiger partial charge is 0.295 e. The Morgan fingerprint density at radius 3 is 2.29 bits per heavy atom. The van der Waals surface area contributed by atoms with Crippen molar-refractivity contribution in [3.63, 3.8) is 0 Å². The van der Waals surface area contributed by atoms with Gasteiger partial charge in [0.2, 0.25) is 5.82 Å². The second-order valence-corrected chi connectivity index (χ2v) is 6.92.